The van der Waals surface area contributed by atoms with Gasteiger partial charge in [0.1, 0.15) is 11.5 Å². The van der Waals surface area contributed by atoms with Crippen LogP contribution in [-0.4, -0.2) is 46.6 Å². The molecule has 34 heavy (non-hydrogen) atoms. The molecule has 3 rings (SSSR count). The highest BCUT2D eigenvalue weighted by Crippen LogP contribution is 2.22. The zero-order valence-corrected chi connectivity index (χ0v) is 20.5. The summed E-state index contributed by atoms with van der Waals surface area (Å²) in [6.45, 7) is 4.45. The Kier molecular flexibility index (Phi) is 8.92. The van der Waals surface area contributed by atoms with Crippen molar-refractivity contribution in [2.75, 3.05) is 25.3 Å². The third kappa shape index (κ3) is 6.74. The van der Waals surface area contributed by atoms with Gasteiger partial charge in [-0.2, -0.15) is 0 Å². The van der Waals surface area contributed by atoms with Crippen molar-refractivity contribution in [3.63, 3.8) is 0 Å². The maximum absolute atomic E-state index is 12.5. The molecular formula is C24H29N5O4S. The van der Waals surface area contributed by atoms with E-state index in [9.17, 15) is 9.59 Å². The molecule has 9 nitrogen and oxygen atoms in total. The zero-order chi connectivity index (χ0) is 24.5. The van der Waals surface area contributed by atoms with Crippen molar-refractivity contribution in [2.24, 2.45) is 0 Å². The largest absolute Gasteiger partial charge is 0.497 e. The molecule has 0 aliphatic heterocycles. The molecule has 0 unspecified atom stereocenters. The van der Waals surface area contributed by atoms with E-state index < -0.39 is 0 Å². The Morgan fingerprint density at radius 2 is 1.59 bits per heavy atom. The second-order valence-electron chi connectivity index (χ2n) is 7.46. The van der Waals surface area contributed by atoms with Gasteiger partial charge in [0.15, 0.2) is 11.0 Å². The van der Waals surface area contributed by atoms with Crippen LogP contribution >= 0.6 is 11.8 Å². The van der Waals surface area contributed by atoms with Crippen molar-refractivity contribution in [3.8, 4) is 11.5 Å². The number of thioether (sulfide) groups is 1. The summed E-state index contributed by atoms with van der Waals surface area (Å²) >= 11 is 1.30. The van der Waals surface area contributed by atoms with Crippen LogP contribution in [0.2, 0.25) is 0 Å². The van der Waals surface area contributed by atoms with Crippen LogP contribution in [0.4, 0.5) is 5.69 Å². The zero-order valence-electron chi connectivity index (χ0n) is 19.7. The molecule has 0 bridgehead atoms. The molecule has 0 spiro atoms. The molecule has 0 fully saturated rings. The van der Waals surface area contributed by atoms with E-state index >= 15 is 0 Å². The lowest BCUT2D eigenvalue weighted by Crippen LogP contribution is -2.30. The summed E-state index contributed by atoms with van der Waals surface area (Å²) in [4.78, 5) is 24.9. The summed E-state index contributed by atoms with van der Waals surface area (Å²) in [6, 6.07) is 14.2. The van der Waals surface area contributed by atoms with Crippen molar-refractivity contribution in [3.05, 3.63) is 59.9 Å². The Morgan fingerprint density at radius 1 is 0.971 bits per heavy atom. The SMILES string of the molecule is CCn1c(SCC(=O)Nc2ccc(OC)cc2)nnc1[C@H](C)NC(=O)Cc1ccc(OC)cc1. The second-order valence-corrected chi connectivity index (χ2v) is 8.41. The van der Waals surface area contributed by atoms with Gasteiger partial charge in [-0.3, -0.25) is 9.59 Å². The lowest BCUT2D eigenvalue weighted by Gasteiger charge is -2.15. The molecule has 1 aromatic heterocycles. The number of carbonyl (C=O) groups is 2. The summed E-state index contributed by atoms with van der Waals surface area (Å²) in [5.74, 6) is 2.03. The Morgan fingerprint density at radius 3 is 2.18 bits per heavy atom. The highest BCUT2D eigenvalue weighted by atomic mass is 32.2. The third-order valence-corrected chi connectivity index (χ3v) is 6.02. The summed E-state index contributed by atoms with van der Waals surface area (Å²) in [5, 5.41) is 14.9. The van der Waals surface area contributed by atoms with Gasteiger partial charge in [-0.1, -0.05) is 23.9 Å². The lowest BCUT2D eigenvalue weighted by atomic mass is 10.1. The van der Waals surface area contributed by atoms with Crippen LogP contribution in [0.3, 0.4) is 0 Å². The first-order valence-corrected chi connectivity index (χ1v) is 11.8. The van der Waals surface area contributed by atoms with Gasteiger partial charge < -0.3 is 24.7 Å². The van der Waals surface area contributed by atoms with E-state index in [1.54, 1.807) is 38.5 Å². The van der Waals surface area contributed by atoms with Gasteiger partial charge >= 0.3 is 0 Å². The van der Waals surface area contributed by atoms with E-state index in [0.29, 0.717) is 23.2 Å². The first kappa shape index (κ1) is 25.1. The van der Waals surface area contributed by atoms with Crippen molar-refractivity contribution >= 4 is 29.3 Å². The number of hydrogen-bond donors (Lipinski definition) is 2. The van der Waals surface area contributed by atoms with Crippen LogP contribution in [0.25, 0.3) is 0 Å². The maximum Gasteiger partial charge on any atom is 0.234 e. The number of aromatic nitrogens is 3. The van der Waals surface area contributed by atoms with E-state index in [4.69, 9.17) is 9.47 Å². The van der Waals surface area contributed by atoms with Crippen LogP contribution in [0.15, 0.2) is 53.7 Å². The van der Waals surface area contributed by atoms with Gasteiger partial charge in [-0.05, 0) is 55.8 Å². The second kappa shape index (κ2) is 12.1. The quantitative estimate of drug-likeness (QED) is 0.402. The summed E-state index contributed by atoms with van der Waals surface area (Å²) in [7, 11) is 3.20. The number of anilines is 1. The minimum atomic E-state index is -0.333. The highest BCUT2D eigenvalue weighted by molar-refractivity contribution is 7.99. The number of hydrogen-bond acceptors (Lipinski definition) is 7. The number of carbonyl (C=O) groups excluding carboxylic acids is 2. The first-order chi connectivity index (χ1) is 16.4. The van der Waals surface area contributed by atoms with Crippen LogP contribution in [0, 0.1) is 0 Å². The van der Waals surface area contributed by atoms with E-state index in [1.165, 1.54) is 11.8 Å². The summed E-state index contributed by atoms with van der Waals surface area (Å²) in [6.07, 6.45) is 0.252. The number of rotatable bonds is 11. The van der Waals surface area contributed by atoms with Crippen molar-refractivity contribution in [1.82, 2.24) is 20.1 Å². The molecule has 0 radical (unpaired) electrons. The monoisotopic (exact) mass is 483 g/mol. The molecule has 0 aliphatic carbocycles. The molecule has 2 amide bonds. The number of nitrogens with zero attached hydrogens (tertiary/aromatic N) is 3. The smallest absolute Gasteiger partial charge is 0.234 e. The van der Waals surface area contributed by atoms with Crippen LogP contribution in [0.1, 0.15) is 31.3 Å². The number of ether oxygens (including phenoxy) is 2. The number of amides is 2. The van der Waals surface area contributed by atoms with Crippen LogP contribution in [-0.2, 0) is 22.6 Å². The Bertz CT molecular complexity index is 1100. The maximum atomic E-state index is 12.5. The molecule has 10 heteroatoms. The van der Waals surface area contributed by atoms with E-state index in [-0.39, 0.29) is 30.0 Å². The third-order valence-electron chi connectivity index (χ3n) is 5.06. The normalized spacial score (nSPS) is 11.5. The number of benzene rings is 2. The Hall–Kier alpha value is -3.53. The molecule has 1 atom stereocenters. The van der Waals surface area contributed by atoms with Crippen LogP contribution < -0.4 is 20.1 Å². The molecule has 0 saturated heterocycles. The minimum absolute atomic E-state index is 0.114. The predicted octanol–water partition coefficient (Wildman–Crippen LogP) is 3.47. The average molecular weight is 484 g/mol. The van der Waals surface area contributed by atoms with Gasteiger partial charge in [0.25, 0.3) is 0 Å². The van der Waals surface area contributed by atoms with Gasteiger partial charge in [-0.25, -0.2) is 0 Å². The molecule has 2 aromatic carbocycles. The molecular weight excluding hydrogens is 454 g/mol. The Balaban J connectivity index is 1.55. The van der Waals surface area contributed by atoms with Gasteiger partial charge in [0.05, 0.1) is 32.4 Å². The van der Waals surface area contributed by atoms with Crippen molar-refractivity contribution in [2.45, 2.75) is 38.0 Å². The highest BCUT2D eigenvalue weighted by Gasteiger charge is 2.20. The molecule has 3 aromatic rings. The average Bonchev–Trinajstić information content (AvgIpc) is 3.27. The lowest BCUT2D eigenvalue weighted by molar-refractivity contribution is -0.121. The molecule has 2 N–H and O–H groups in total. The summed E-state index contributed by atoms with van der Waals surface area (Å²) < 4.78 is 12.2. The van der Waals surface area contributed by atoms with E-state index in [1.807, 2.05) is 42.7 Å². The van der Waals surface area contributed by atoms with E-state index in [2.05, 4.69) is 20.8 Å². The number of methoxy groups -OCH3 is 2. The number of nitrogens with one attached hydrogen (secondary N) is 2. The van der Waals surface area contributed by atoms with Crippen molar-refractivity contribution < 1.29 is 19.1 Å². The Labute approximate surface area is 203 Å². The summed E-state index contributed by atoms with van der Waals surface area (Å²) in [5.41, 5.74) is 1.58. The topological polar surface area (TPSA) is 107 Å². The fourth-order valence-corrected chi connectivity index (χ4v) is 4.12. The molecule has 1 heterocycles. The predicted molar refractivity (Wildman–Crippen MR) is 131 cm³/mol. The molecule has 0 aliphatic rings. The van der Waals surface area contributed by atoms with Gasteiger partial charge in [0, 0.05) is 12.2 Å². The van der Waals surface area contributed by atoms with Crippen molar-refractivity contribution in [1.29, 1.82) is 0 Å². The van der Waals surface area contributed by atoms with Gasteiger partial charge in [-0.15, -0.1) is 10.2 Å². The van der Waals surface area contributed by atoms with E-state index in [0.717, 1.165) is 17.1 Å². The van der Waals surface area contributed by atoms with Gasteiger partial charge in [0.2, 0.25) is 11.8 Å². The minimum Gasteiger partial charge on any atom is -0.497 e. The fraction of sp³-hybridized carbons (Fsp3) is 0.333. The fourth-order valence-electron chi connectivity index (χ4n) is 3.31. The molecule has 0 saturated carbocycles. The first-order valence-electron chi connectivity index (χ1n) is 10.9. The molecule has 180 valence electrons. The standard InChI is InChI=1S/C24H29N5O4S/c1-5-29-23(16(2)25-21(30)14-17-6-10-19(32-3)11-7-17)27-28-24(29)34-15-22(31)26-18-8-12-20(33-4)13-9-18/h6-13,16H,5,14-15H2,1-4H3,(H,25,30)(H,26,31)/t16-/m0/s1. The van der Waals surface area contributed by atoms with Crippen LogP contribution in [0.5, 0.6) is 11.5 Å².